The molecular formula is C16H20ClFN4O3S2. The number of halogens is 2. The lowest BCUT2D eigenvalue weighted by atomic mass is 10.1. The van der Waals surface area contributed by atoms with Gasteiger partial charge in [-0.25, -0.2) is 9.37 Å². The van der Waals surface area contributed by atoms with Gasteiger partial charge in [0.05, 0.1) is 11.1 Å². The summed E-state index contributed by atoms with van der Waals surface area (Å²) in [5.41, 5.74) is 0.285. The van der Waals surface area contributed by atoms with E-state index >= 15 is 0 Å². The Kier molecular flexibility index (Phi) is 6.59. The highest BCUT2D eigenvalue weighted by molar-refractivity contribution is 7.87. The predicted octanol–water partition coefficient (Wildman–Crippen LogP) is 3.10. The third kappa shape index (κ3) is 4.64. The molecule has 3 rings (SSSR count). The second-order valence-electron chi connectivity index (χ2n) is 5.87. The number of aromatic nitrogens is 1. The second-order valence-corrected chi connectivity index (χ2v) is 9.31. The summed E-state index contributed by atoms with van der Waals surface area (Å²) in [6.45, 7) is 1.87. The number of amides is 1. The van der Waals surface area contributed by atoms with Crippen molar-refractivity contribution in [1.82, 2.24) is 14.0 Å². The summed E-state index contributed by atoms with van der Waals surface area (Å²) in [5.74, 6) is -1.14. The van der Waals surface area contributed by atoms with Crippen molar-refractivity contribution in [2.75, 3.05) is 12.4 Å². The molecule has 1 aliphatic heterocycles. The monoisotopic (exact) mass is 434 g/mol. The molecule has 7 nitrogen and oxygen atoms in total. The minimum absolute atomic E-state index is 0. The molecule has 2 heterocycles. The Bertz CT molecular complexity index is 951. The third-order valence-electron chi connectivity index (χ3n) is 4.00. The first-order chi connectivity index (χ1) is 12.2. The summed E-state index contributed by atoms with van der Waals surface area (Å²) < 4.78 is 41.5. The summed E-state index contributed by atoms with van der Waals surface area (Å²) in [6, 6.07) is 2.21. The Hall–Kier alpha value is -1.59. The minimum Gasteiger partial charge on any atom is -0.325 e. The van der Waals surface area contributed by atoms with Gasteiger partial charge in [-0.05, 0) is 31.5 Å². The van der Waals surface area contributed by atoms with E-state index < -0.39 is 34.0 Å². The average molecular weight is 435 g/mol. The summed E-state index contributed by atoms with van der Waals surface area (Å²) in [6.07, 6.45) is 1.87. The van der Waals surface area contributed by atoms with Crippen molar-refractivity contribution in [1.29, 1.82) is 0 Å². The molecule has 0 radical (unpaired) electrons. The zero-order chi connectivity index (χ0) is 19.1. The number of nitrogens with one attached hydrogen (secondary N) is 2. The van der Waals surface area contributed by atoms with Gasteiger partial charge in [0.1, 0.15) is 16.9 Å². The Morgan fingerprint density at radius 3 is 2.78 bits per heavy atom. The van der Waals surface area contributed by atoms with E-state index in [1.165, 1.54) is 30.5 Å². The van der Waals surface area contributed by atoms with Gasteiger partial charge in [0.25, 0.3) is 10.2 Å². The second kappa shape index (κ2) is 8.19. The maximum atomic E-state index is 13.2. The summed E-state index contributed by atoms with van der Waals surface area (Å²) in [4.78, 5) is 17.8. The first-order valence-corrected chi connectivity index (χ1v) is 10.2. The molecule has 1 aromatic heterocycles. The quantitative estimate of drug-likeness (QED) is 0.776. The van der Waals surface area contributed by atoms with Crippen molar-refractivity contribution in [3.05, 3.63) is 45.1 Å². The lowest BCUT2D eigenvalue weighted by Crippen LogP contribution is -2.55. The van der Waals surface area contributed by atoms with Crippen LogP contribution < -0.4 is 10.0 Å². The van der Waals surface area contributed by atoms with Crippen LogP contribution in [0.25, 0.3) is 0 Å². The fourth-order valence-electron chi connectivity index (χ4n) is 2.61. The Balaban J connectivity index is 0.00000261. The van der Waals surface area contributed by atoms with Crippen LogP contribution in [0.4, 0.5) is 10.1 Å². The van der Waals surface area contributed by atoms with Gasteiger partial charge in [0.15, 0.2) is 0 Å². The van der Waals surface area contributed by atoms with Gasteiger partial charge in [0, 0.05) is 23.8 Å². The average Bonchev–Trinajstić information content (AvgIpc) is 2.99. The van der Waals surface area contributed by atoms with Crippen LogP contribution in [0.3, 0.4) is 0 Å². The largest absolute Gasteiger partial charge is 0.325 e. The molecule has 1 aromatic carbocycles. The molecule has 148 valence electrons. The fourth-order valence-corrected chi connectivity index (χ4v) is 4.95. The number of hydrogen-bond donors (Lipinski definition) is 2. The number of anilines is 1. The van der Waals surface area contributed by atoms with E-state index in [0.29, 0.717) is 5.01 Å². The molecule has 2 unspecified atom stereocenters. The summed E-state index contributed by atoms with van der Waals surface area (Å²) in [7, 11) is -2.52. The molecule has 27 heavy (non-hydrogen) atoms. The van der Waals surface area contributed by atoms with Gasteiger partial charge in [-0.15, -0.1) is 11.3 Å². The normalized spacial score (nSPS) is 22.1. The van der Waals surface area contributed by atoms with Crippen molar-refractivity contribution in [3.63, 3.8) is 0 Å². The molecule has 2 atom stereocenters. The van der Waals surface area contributed by atoms with Gasteiger partial charge in [0.2, 0.25) is 5.91 Å². The predicted molar refractivity (Wildman–Crippen MR) is 105 cm³/mol. The number of carbonyl (C=O) groups excluding carboxylic acids is 1. The molecule has 1 saturated heterocycles. The molecule has 1 aliphatic rings. The molecule has 1 fully saturated rings. The molecule has 1 amide bonds. The lowest BCUT2D eigenvalue weighted by molar-refractivity contribution is -0.120. The Morgan fingerprint density at radius 1 is 1.48 bits per heavy atom. The summed E-state index contributed by atoms with van der Waals surface area (Å²) >= 11 is 7.08. The van der Waals surface area contributed by atoms with Gasteiger partial charge < -0.3 is 5.32 Å². The van der Waals surface area contributed by atoms with Crippen LogP contribution in [-0.4, -0.2) is 36.7 Å². The Labute approximate surface area is 166 Å². The van der Waals surface area contributed by atoms with E-state index in [1.54, 1.807) is 6.20 Å². The first-order valence-electron chi connectivity index (χ1n) is 7.61. The number of benzene rings is 1. The number of carbonyl (C=O) groups is 1. The molecular weight excluding hydrogens is 415 g/mol. The van der Waals surface area contributed by atoms with Crippen LogP contribution >= 0.6 is 22.9 Å². The topological polar surface area (TPSA) is 91.4 Å². The van der Waals surface area contributed by atoms with Crippen LogP contribution in [0.5, 0.6) is 0 Å². The zero-order valence-corrected chi connectivity index (χ0v) is 16.3. The molecule has 0 spiro atoms. The lowest BCUT2D eigenvalue weighted by Gasteiger charge is -2.35. The van der Waals surface area contributed by atoms with Crippen molar-refractivity contribution in [3.8, 4) is 0 Å². The molecule has 2 N–H and O–H groups in total. The van der Waals surface area contributed by atoms with Crippen LogP contribution in [-0.2, 0) is 15.0 Å². The van der Waals surface area contributed by atoms with Gasteiger partial charge in [-0.1, -0.05) is 19.0 Å². The van der Waals surface area contributed by atoms with E-state index in [1.807, 2.05) is 6.92 Å². The molecule has 2 aromatic rings. The first kappa shape index (κ1) is 21.7. The van der Waals surface area contributed by atoms with Crippen molar-refractivity contribution in [2.24, 2.45) is 0 Å². The number of thiazole rings is 1. The van der Waals surface area contributed by atoms with E-state index in [9.17, 15) is 17.6 Å². The summed E-state index contributed by atoms with van der Waals surface area (Å²) in [5, 5.41) is 3.05. The van der Waals surface area contributed by atoms with Gasteiger partial charge in [-0.3, -0.25) is 4.79 Å². The third-order valence-corrected chi connectivity index (χ3v) is 6.91. The Morgan fingerprint density at radius 2 is 2.19 bits per heavy atom. The van der Waals surface area contributed by atoms with Crippen molar-refractivity contribution < 1.29 is 17.6 Å². The zero-order valence-electron chi connectivity index (χ0n) is 13.9. The van der Waals surface area contributed by atoms with E-state index in [2.05, 4.69) is 15.0 Å². The smallest absolute Gasteiger partial charge is 0.280 e. The molecule has 0 aliphatic carbocycles. The number of aryl methyl sites for hydroxylation is 1. The van der Waals surface area contributed by atoms with E-state index in [-0.39, 0.29) is 24.6 Å². The number of rotatable bonds is 3. The fraction of sp³-hybridized carbons (Fsp3) is 0.375. The van der Waals surface area contributed by atoms with Crippen molar-refractivity contribution >= 4 is 44.7 Å². The highest BCUT2D eigenvalue weighted by Gasteiger charge is 2.41. The maximum Gasteiger partial charge on any atom is 0.280 e. The standard InChI is InChI=1S/C15H16ClFN4O3S2.CH4/c1-8-7-18-15(25-8)12-6-13(21(2)26(23,24)20-12)14(22)19-9-3-4-11(17)10(16)5-9;/h3-5,7,12-13,20H,6H2,1-2H3,(H,19,22);1H4. The van der Waals surface area contributed by atoms with Gasteiger partial charge >= 0.3 is 0 Å². The van der Waals surface area contributed by atoms with Crippen LogP contribution in [0, 0.1) is 12.7 Å². The van der Waals surface area contributed by atoms with E-state index in [0.717, 1.165) is 15.2 Å². The van der Waals surface area contributed by atoms with Crippen LogP contribution in [0.1, 0.15) is 29.8 Å². The van der Waals surface area contributed by atoms with Crippen molar-refractivity contribution in [2.45, 2.75) is 32.9 Å². The van der Waals surface area contributed by atoms with Gasteiger partial charge in [-0.2, -0.15) is 17.4 Å². The maximum absolute atomic E-state index is 13.2. The number of hydrogen-bond acceptors (Lipinski definition) is 5. The molecule has 11 heteroatoms. The SMILES string of the molecule is C.Cc1cnc(C2CC(C(=O)Nc3ccc(F)c(Cl)c3)N(C)S(=O)(=O)N2)s1. The molecule has 0 saturated carbocycles. The highest BCUT2D eigenvalue weighted by Crippen LogP contribution is 2.31. The highest BCUT2D eigenvalue weighted by atomic mass is 35.5. The number of nitrogens with zero attached hydrogens (tertiary/aromatic N) is 2. The van der Waals surface area contributed by atoms with E-state index in [4.69, 9.17) is 11.6 Å². The van der Waals surface area contributed by atoms with Crippen LogP contribution in [0.2, 0.25) is 5.02 Å². The van der Waals surface area contributed by atoms with Crippen LogP contribution in [0.15, 0.2) is 24.4 Å². The minimum atomic E-state index is -3.85. The molecule has 0 bridgehead atoms. The number of likely N-dealkylation sites (N-methyl/N-ethyl adjacent to an activating group) is 1.